The first-order valence-corrected chi connectivity index (χ1v) is 8.29. The second kappa shape index (κ2) is 9.59. The summed E-state index contributed by atoms with van der Waals surface area (Å²) in [6.45, 7) is 8.33. The second-order valence-electron chi connectivity index (χ2n) is 5.68. The Morgan fingerprint density at radius 1 is 1.10 bits per heavy atom. The summed E-state index contributed by atoms with van der Waals surface area (Å²) in [7, 11) is 0. The molecule has 0 atom stereocenters. The van der Waals surface area contributed by atoms with Gasteiger partial charge in [-0.1, -0.05) is 11.6 Å². The van der Waals surface area contributed by atoms with Gasteiger partial charge in [0.1, 0.15) is 0 Å². The first-order chi connectivity index (χ1) is 10.1. The van der Waals surface area contributed by atoms with Crippen molar-refractivity contribution in [3.8, 4) is 0 Å². The van der Waals surface area contributed by atoms with Gasteiger partial charge in [0.25, 0.3) is 0 Å². The lowest BCUT2D eigenvalue weighted by atomic mass is 9.97. The van der Waals surface area contributed by atoms with Crippen molar-refractivity contribution in [2.75, 3.05) is 26.2 Å². The minimum absolute atomic E-state index is 0.0683. The summed E-state index contributed by atoms with van der Waals surface area (Å²) in [6.07, 6.45) is 8.62. The Kier molecular flexibility index (Phi) is 8.09. The summed E-state index contributed by atoms with van der Waals surface area (Å²) in [4.78, 5) is 27.4. The van der Waals surface area contributed by atoms with Gasteiger partial charge in [-0.15, -0.1) is 0 Å². The number of allylic oxidation sites excluding steroid dienone is 1. The van der Waals surface area contributed by atoms with Gasteiger partial charge in [-0.05, 0) is 46.0 Å². The molecule has 0 N–H and O–H groups in total. The number of carbonyl (C=O) groups is 2. The van der Waals surface area contributed by atoms with E-state index in [9.17, 15) is 9.59 Å². The predicted octanol–water partition coefficient (Wildman–Crippen LogP) is 2.98. The summed E-state index contributed by atoms with van der Waals surface area (Å²) in [6, 6.07) is 0. The quantitative estimate of drug-likeness (QED) is 0.646. The minimum atomic E-state index is 0.0683. The largest absolute Gasteiger partial charge is 0.343 e. The van der Waals surface area contributed by atoms with Gasteiger partial charge in [-0.2, -0.15) is 0 Å². The molecule has 0 aromatic rings. The molecule has 0 heterocycles. The van der Waals surface area contributed by atoms with E-state index in [4.69, 9.17) is 0 Å². The zero-order valence-electron chi connectivity index (χ0n) is 13.9. The molecular weight excluding hydrogens is 264 g/mol. The van der Waals surface area contributed by atoms with E-state index in [1.54, 1.807) is 6.92 Å². The molecule has 2 amide bonds. The van der Waals surface area contributed by atoms with Crippen LogP contribution < -0.4 is 0 Å². The molecule has 21 heavy (non-hydrogen) atoms. The van der Waals surface area contributed by atoms with Crippen LogP contribution in [-0.2, 0) is 9.59 Å². The number of nitrogens with zero attached hydrogens (tertiary/aromatic N) is 2. The van der Waals surface area contributed by atoms with E-state index in [-0.39, 0.29) is 11.8 Å². The summed E-state index contributed by atoms with van der Waals surface area (Å²) in [5.41, 5.74) is 1.47. The summed E-state index contributed by atoms with van der Waals surface area (Å²) in [5.74, 6) is 0.210. The Hall–Kier alpha value is -1.32. The lowest BCUT2D eigenvalue weighted by Crippen LogP contribution is -2.36. The molecule has 1 aliphatic rings. The standard InChI is InChI=1S/C17H30N2O2/c1-4-18(5-2)17(21)12-14-19(15(3)20)13-11-16-9-7-6-8-10-16/h9H,4-8,10-14H2,1-3H3. The molecule has 0 saturated carbocycles. The average Bonchev–Trinajstić information content (AvgIpc) is 2.49. The number of hydrogen-bond acceptors (Lipinski definition) is 2. The van der Waals surface area contributed by atoms with Crippen molar-refractivity contribution in [3.05, 3.63) is 11.6 Å². The number of carbonyl (C=O) groups excluding carboxylic acids is 2. The van der Waals surface area contributed by atoms with Crippen LogP contribution in [0.4, 0.5) is 0 Å². The fourth-order valence-electron chi connectivity index (χ4n) is 2.80. The van der Waals surface area contributed by atoms with E-state index in [0.717, 1.165) is 26.1 Å². The second-order valence-corrected chi connectivity index (χ2v) is 5.68. The fourth-order valence-corrected chi connectivity index (χ4v) is 2.80. The molecule has 1 aliphatic carbocycles. The Morgan fingerprint density at radius 2 is 1.81 bits per heavy atom. The van der Waals surface area contributed by atoms with E-state index >= 15 is 0 Å². The van der Waals surface area contributed by atoms with Crippen LogP contribution in [-0.4, -0.2) is 47.8 Å². The van der Waals surface area contributed by atoms with Gasteiger partial charge in [-0.25, -0.2) is 0 Å². The van der Waals surface area contributed by atoms with Crippen LogP contribution >= 0.6 is 0 Å². The van der Waals surface area contributed by atoms with Gasteiger partial charge in [0, 0.05) is 39.5 Å². The molecule has 1 rings (SSSR count). The topological polar surface area (TPSA) is 40.6 Å². The molecule has 0 aromatic heterocycles. The van der Waals surface area contributed by atoms with Crippen LogP contribution in [0.5, 0.6) is 0 Å². The van der Waals surface area contributed by atoms with Crippen molar-refractivity contribution < 1.29 is 9.59 Å². The van der Waals surface area contributed by atoms with E-state index in [1.807, 2.05) is 23.6 Å². The highest BCUT2D eigenvalue weighted by Gasteiger charge is 2.15. The molecule has 0 saturated heterocycles. The minimum Gasteiger partial charge on any atom is -0.343 e. The molecular formula is C17H30N2O2. The first-order valence-electron chi connectivity index (χ1n) is 8.29. The highest BCUT2D eigenvalue weighted by atomic mass is 16.2. The van der Waals surface area contributed by atoms with Crippen molar-refractivity contribution in [3.63, 3.8) is 0 Å². The van der Waals surface area contributed by atoms with Gasteiger partial charge in [0.05, 0.1) is 0 Å². The maximum absolute atomic E-state index is 12.0. The molecule has 0 radical (unpaired) electrons. The van der Waals surface area contributed by atoms with Crippen LogP contribution in [0.25, 0.3) is 0 Å². The Balaban J connectivity index is 2.41. The van der Waals surface area contributed by atoms with E-state index in [1.165, 1.54) is 31.3 Å². The zero-order chi connectivity index (χ0) is 15.7. The van der Waals surface area contributed by atoms with Crippen LogP contribution in [0, 0.1) is 0 Å². The van der Waals surface area contributed by atoms with Crippen molar-refractivity contribution in [1.29, 1.82) is 0 Å². The van der Waals surface area contributed by atoms with Crippen molar-refractivity contribution in [2.24, 2.45) is 0 Å². The zero-order valence-corrected chi connectivity index (χ0v) is 13.9. The van der Waals surface area contributed by atoms with Crippen molar-refractivity contribution >= 4 is 11.8 Å². The molecule has 4 heteroatoms. The summed E-state index contributed by atoms with van der Waals surface area (Å²) >= 11 is 0. The molecule has 120 valence electrons. The average molecular weight is 294 g/mol. The van der Waals surface area contributed by atoms with Crippen LogP contribution in [0.2, 0.25) is 0 Å². The summed E-state index contributed by atoms with van der Waals surface area (Å²) < 4.78 is 0. The van der Waals surface area contributed by atoms with Crippen LogP contribution in [0.1, 0.15) is 59.3 Å². The molecule has 0 aromatic carbocycles. The third-order valence-electron chi connectivity index (χ3n) is 4.24. The SMILES string of the molecule is CCN(CC)C(=O)CCN(CCC1=CCCCC1)C(C)=O. The monoisotopic (exact) mass is 294 g/mol. The maximum Gasteiger partial charge on any atom is 0.224 e. The Morgan fingerprint density at radius 3 is 2.33 bits per heavy atom. The maximum atomic E-state index is 12.0. The lowest BCUT2D eigenvalue weighted by Gasteiger charge is -2.24. The molecule has 0 aliphatic heterocycles. The third-order valence-corrected chi connectivity index (χ3v) is 4.24. The van der Waals surface area contributed by atoms with Crippen LogP contribution in [0.15, 0.2) is 11.6 Å². The summed E-state index contributed by atoms with van der Waals surface area (Å²) in [5, 5.41) is 0. The van der Waals surface area contributed by atoms with Gasteiger partial charge >= 0.3 is 0 Å². The Labute approximate surface area is 129 Å². The predicted molar refractivity (Wildman–Crippen MR) is 86.0 cm³/mol. The number of hydrogen-bond donors (Lipinski definition) is 0. The Bertz CT molecular complexity index is 373. The van der Waals surface area contributed by atoms with Crippen molar-refractivity contribution in [2.45, 2.75) is 59.3 Å². The van der Waals surface area contributed by atoms with Crippen LogP contribution in [0.3, 0.4) is 0 Å². The number of amides is 2. The number of rotatable bonds is 8. The fraction of sp³-hybridized carbons (Fsp3) is 0.765. The molecule has 0 spiro atoms. The van der Waals surface area contributed by atoms with E-state index < -0.39 is 0 Å². The molecule has 0 unspecified atom stereocenters. The molecule has 0 bridgehead atoms. The lowest BCUT2D eigenvalue weighted by molar-refractivity contribution is -0.133. The molecule has 4 nitrogen and oxygen atoms in total. The molecule has 0 fully saturated rings. The van der Waals surface area contributed by atoms with E-state index in [2.05, 4.69) is 6.08 Å². The van der Waals surface area contributed by atoms with Gasteiger partial charge in [-0.3, -0.25) is 9.59 Å². The van der Waals surface area contributed by atoms with Crippen molar-refractivity contribution in [1.82, 2.24) is 9.80 Å². The van der Waals surface area contributed by atoms with Gasteiger partial charge in [0.15, 0.2) is 0 Å². The van der Waals surface area contributed by atoms with Gasteiger partial charge in [0.2, 0.25) is 11.8 Å². The highest BCUT2D eigenvalue weighted by Crippen LogP contribution is 2.20. The first kappa shape index (κ1) is 17.7. The third kappa shape index (κ3) is 6.32. The van der Waals surface area contributed by atoms with E-state index in [0.29, 0.717) is 13.0 Å². The highest BCUT2D eigenvalue weighted by molar-refractivity contribution is 5.78. The van der Waals surface area contributed by atoms with Gasteiger partial charge < -0.3 is 9.80 Å². The normalized spacial score (nSPS) is 14.5. The smallest absolute Gasteiger partial charge is 0.224 e.